The van der Waals surface area contributed by atoms with Gasteiger partial charge in [-0.15, -0.1) is 0 Å². The third-order valence-corrected chi connectivity index (χ3v) is 6.88. The first-order chi connectivity index (χ1) is 9.58. The van der Waals surface area contributed by atoms with Gasteiger partial charge in [0.2, 0.25) is 10.0 Å². The number of nitrogens with zero attached hydrogens (tertiary/aromatic N) is 1. The van der Waals surface area contributed by atoms with Gasteiger partial charge < -0.3 is 5.11 Å². The number of sulfonamides is 1. The third kappa shape index (κ3) is 2.38. The summed E-state index contributed by atoms with van der Waals surface area (Å²) >= 11 is 0. The minimum Gasteiger partial charge on any atom is -0.395 e. The average molecular weight is 295 g/mol. The summed E-state index contributed by atoms with van der Waals surface area (Å²) in [5, 5.41) is 9.74. The maximum Gasteiger partial charge on any atom is 0.217 e. The van der Waals surface area contributed by atoms with Crippen LogP contribution in [0, 0.1) is 0 Å². The molecule has 1 unspecified atom stereocenters. The molecule has 1 aromatic rings. The Morgan fingerprint density at radius 3 is 2.55 bits per heavy atom. The van der Waals surface area contributed by atoms with Gasteiger partial charge in [-0.3, -0.25) is 0 Å². The van der Waals surface area contributed by atoms with Crippen LogP contribution in [0.4, 0.5) is 0 Å². The Labute approximate surface area is 120 Å². The molecule has 0 amide bonds. The molecule has 1 atom stereocenters. The van der Waals surface area contributed by atoms with E-state index >= 15 is 0 Å². The van der Waals surface area contributed by atoms with Gasteiger partial charge in [0.05, 0.1) is 11.9 Å². The van der Waals surface area contributed by atoms with Crippen molar-refractivity contribution in [3.63, 3.8) is 0 Å². The standard InChI is InChI=1S/C15H21NO3S/c17-12-15(13-5-2-1-3-6-13)9-4-10-16(11-15)20(18,19)14-7-8-14/h1-3,5-6,14,17H,4,7-12H2. The second kappa shape index (κ2) is 5.13. The lowest BCUT2D eigenvalue weighted by atomic mass is 9.75. The van der Waals surface area contributed by atoms with Crippen LogP contribution in [-0.2, 0) is 15.4 Å². The number of hydrogen-bond acceptors (Lipinski definition) is 3. The predicted octanol–water partition coefficient (Wildman–Crippen LogP) is 1.50. The summed E-state index contributed by atoms with van der Waals surface area (Å²) in [5.74, 6) is 0. The van der Waals surface area contributed by atoms with Crippen LogP contribution in [0.3, 0.4) is 0 Å². The molecule has 2 fully saturated rings. The van der Waals surface area contributed by atoms with Crippen LogP contribution in [0.1, 0.15) is 31.2 Å². The van der Waals surface area contributed by atoms with Gasteiger partial charge in [-0.1, -0.05) is 30.3 Å². The van der Waals surface area contributed by atoms with E-state index in [9.17, 15) is 13.5 Å². The van der Waals surface area contributed by atoms with E-state index in [1.807, 2.05) is 30.3 Å². The molecule has 2 aliphatic rings. The van der Waals surface area contributed by atoms with Crippen LogP contribution in [0.25, 0.3) is 0 Å². The molecule has 1 saturated carbocycles. The van der Waals surface area contributed by atoms with Gasteiger partial charge in [-0.25, -0.2) is 12.7 Å². The molecule has 1 aromatic carbocycles. The van der Waals surface area contributed by atoms with Crippen molar-refractivity contribution in [2.24, 2.45) is 0 Å². The van der Waals surface area contributed by atoms with E-state index in [0.29, 0.717) is 13.1 Å². The highest BCUT2D eigenvalue weighted by atomic mass is 32.2. The molecule has 4 nitrogen and oxygen atoms in total. The van der Waals surface area contributed by atoms with Gasteiger partial charge in [0.15, 0.2) is 0 Å². The van der Waals surface area contributed by atoms with Crippen LogP contribution < -0.4 is 0 Å². The maximum atomic E-state index is 12.4. The fourth-order valence-electron chi connectivity index (χ4n) is 3.13. The third-order valence-electron chi connectivity index (χ3n) is 4.54. The number of aliphatic hydroxyl groups is 1. The largest absolute Gasteiger partial charge is 0.395 e. The lowest BCUT2D eigenvalue weighted by Gasteiger charge is -2.41. The Morgan fingerprint density at radius 2 is 1.95 bits per heavy atom. The minimum absolute atomic E-state index is 0.00625. The van der Waals surface area contributed by atoms with E-state index in [0.717, 1.165) is 31.2 Å². The summed E-state index contributed by atoms with van der Waals surface area (Å²) in [4.78, 5) is 0. The molecule has 1 N–H and O–H groups in total. The van der Waals surface area contributed by atoms with Crippen molar-refractivity contribution < 1.29 is 13.5 Å². The second-order valence-electron chi connectivity index (χ2n) is 5.99. The Kier molecular flexibility index (Phi) is 3.60. The van der Waals surface area contributed by atoms with E-state index < -0.39 is 15.4 Å². The zero-order valence-corrected chi connectivity index (χ0v) is 12.3. The van der Waals surface area contributed by atoms with Crippen molar-refractivity contribution >= 4 is 10.0 Å². The fourth-order valence-corrected chi connectivity index (χ4v) is 5.10. The van der Waals surface area contributed by atoms with Crippen LogP contribution in [-0.4, -0.2) is 42.8 Å². The first-order valence-corrected chi connectivity index (χ1v) is 8.74. The molecule has 110 valence electrons. The van der Waals surface area contributed by atoms with Crippen molar-refractivity contribution in [1.29, 1.82) is 0 Å². The SMILES string of the molecule is O=S(=O)(C1CC1)N1CCCC(CO)(c2ccccc2)C1. The van der Waals surface area contributed by atoms with Gasteiger partial charge in [0.1, 0.15) is 0 Å². The molecule has 0 spiro atoms. The Morgan fingerprint density at radius 1 is 1.25 bits per heavy atom. The highest BCUT2D eigenvalue weighted by Gasteiger charge is 2.45. The van der Waals surface area contributed by atoms with E-state index in [2.05, 4.69) is 0 Å². The smallest absolute Gasteiger partial charge is 0.217 e. The molecule has 1 aliphatic heterocycles. The summed E-state index contributed by atoms with van der Waals surface area (Å²) in [6, 6.07) is 9.81. The zero-order valence-electron chi connectivity index (χ0n) is 11.5. The van der Waals surface area contributed by atoms with Gasteiger partial charge in [-0.2, -0.15) is 0 Å². The second-order valence-corrected chi connectivity index (χ2v) is 8.20. The summed E-state index contributed by atoms with van der Waals surface area (Å²) < 4.78 is 26.5. The highest BCUT2D eigenvalue weighted by molar-refractivity contribution is 7.90. The van der Waals surface area contributed by atoms with Gasteiger partial charge in [-0.05, 0) is 31.2 Å². The van der Waals surface area contributed by atoms with Crippen LogP contribution >= 0.6 is 0 Å². The highest BCUT2D eigenvalue weighted by Crippen LogP contribution is 2.38. The predicted molar refractivity (Wildman–Crippen MR) is 78.0 cm³/mol. The molecule has 3 rings (SSSR count). The molecule has 5 heteroatoms. The van der Waals surface area contributed by atoms with Crippen molar-refractivity contribution in [2.75, 3.05) is 19.7 Å². The van der Waals surface area contributed by atoms with Crippen LogP contribution in [0.5, 0.6) is 0 Å². The molecule has 1 heterocycles. The van der Waals surface area contributed by atoms with Crippen molar-refractivity contribution in [3.05, 3.63) is 35.9 Å². The normalized spacial score (nSPS) is 28.4. The van der Waals surface area contributed by atoms with Crippen molar-refractivity contribution in [2.45, 2.75) is 36.3 Å². The summed E-state index contributed by atoms with van der Waals surface area (Å²) in [5.41, 5.74) is 0.597. The molecule has 1 saturated heterocycles. The first kappa shape index (κ1) is 14.0. The molecule has 0 aromatic heterocycles. The van der Waals surface area contributed by atoms with Gasteiger partial charge in [0.25, 0.3) is 0 Å². The number of aliphatic hydroxyl groups excluding tert-OH is 1. The quantitative estimate of drug-likeness (QED) is 0.916. The first-order valence-electron chi connectivity index (χ1n) is 7.24. The molecular formula is C15H21NO3S. The summed E-state index contributed by atoms with van der Waals surface area (Å²) in [6.07, 6.45) is 3.22. The fraction of sp³-hybridized carbons (Fsp3) is 0.600. The molecule has 0 bridgehead atoms. The molecule has 1 aliphatic carbocycles. The van der Waals surface area contributed by atoms with Crippen LogP contribution in [0.2, 0.25) is 0 Å². The van der Waals surface area contributed by atoms with Gasteiger partial charge in [0, 0.05) is 18.5 Å². The Bertz CT molecular complexity index is 568. The molecule has 0 radical (unpaired) electrons. The minimum atomic E-state index is -3.16. The number of piperidine rings is 1. The van der Waals surface area contributed by atoms with E-state index in [-0.39, 0.29) is 11.9 Å². The monoisotopic (exact) mass is 295 g/mol. The van der Waals surface area contributed by atoms with Crippen LogP contribution in [0.15, 0.2) is 30.3 Å². The van der Waals surface area contributed by atoms with E-state index in [1.165, 1.54) is 0 Å². The Hall–Kier alpha value is -0.910. The molecule has 20 heavy (non-hydrogen) atoms. The topological polar surface area (TPSA) is 57.6 Å². The number of benzene rings is 1. The van der Waals surface area contributed by atoms with E-state index in [4.69, 9.17) is 0 Å². The number of hydrogen-bond donors (Lipinski definition) is 1. The van der Waals surface area contributed by atoms with Crippen molar-refractivity contribution in [3.8, 4) is 0 Å². The Balaban J connectivity index is 1.89. The van der Waals surface area contributed by atoms with Crippen molar-refractivity contribution in [1.82, 2.24) is 4.31 Å². The summed E-state index contributed by atoms with van der Waals surface area (Å²) in [6.45, 7) is 0.994. The van der Waals surface area contributed by atoms with E-state index in [1.54, 1.807) is 4.31 Å². The number of rotatable bonds is 4. The maximum absolute atomic E-state index is 12.4. The summed E-state index contributed by atoms with van der Waals surface area (Å²) in [7, 11) is -3.16. The van der Waals surface area contributed by atoms with Gasteiger partial charge >= 0.3 is 0 Å². The lowest BCUT2D eigenvalue weighted by Crippen LogP contribution is -2.51. The zero-order chi connectivity index (χ0) is 14.2. The molecular weight excluding hydrogens is 274 g/mol. The lowest BCUT2D eigenvalue weighted by molar-refractivity contribution is 0.129. The average Bonchev–Trinajstić information content (AvgIpc) is 3.33.